The standard InChI is InChI=1S/C15H13NO4/c17-14(18)12-10-6-7-11(13(12)15(19)20)16(10)8-9-4-2-1-3-5-9/h1-7,10-11H,8H2,(H,17,18)(H,19,20). The van der Waals surface area contributed by atoms with Crippen LogP contribution < -0.4 is 0 Å². The Morgan fingerprint density at radius 1 is 0.950 bits per heavy atom. The minimum absolute atomic E-state index is 0.0130. The monoisotopic (exact) mass is 271 g/mol. The molecule has 1 aromatic rings. The lowest BCUT2D eigenvalue weighted by atomic mass is 9.97. The van der Waals surface area contributed by atoms with E-state index in [1.54, 1.807) is 12.2 Å². The molecular formula is C15H13NO4. The van der Waals surface area contributed by atoms with Gasteiger partial charge in [0.15, 0.2) is 0 Å². The first-order chi connectivity index (χ1) is 9.59. The van der Waals surface area contributed by atoms with Gasteiger partial charge in [-0.2, -0.15) is 0 Å². The summed E-state index contributed by atoms with van der Waals surface area (Å²) >= 11 is 0. The molecular weight excluding hydrogens is 258 g/mol. The summed E-state index contributed by atoms with van der Waals surface area (Å²) in [6.45, 7) is 0.525. The summed E-state index contributed by atoms with van der Waals surface area (Å²) in [6.07, 6.45) is 3.53. The van der Waals surface area contributed by atoms with Crippen molar-refractivity contribution in [2.45, 2.75) is 18.6 Å². The van der Waals surface area contributed by atoms with Crippen molar-refractivity contribution in [2.24, 2.45) is 0 Å². The lowest BCUT2D eigenvalue weighted by molar-refractivity contribution is -0.135. The van der Waals surface area contributed by atoms with Crippen molar-refractivity contribution in [3.8, 4) is 0 Å². The Morgan fingerprint density at radius 2 is 1.45 bits per heavy atom. The summed E-state index contributed by atoms with van der Waals surface area (Å²) in [5.74, 6) is -2.31. The van der Waals surface area contributed by atoms with Gasteiger partial charge in [0.1, 0.15) is 0 Å². The Hall–Kier alpha value is -2.40. The van der Waals surface area contributed by atoms with Crippen LogP contribution in [-0.4, -0.2) is 39.1 Å². The average molecular weight is 271 g/mol. The molecule has 5 nitrogen and oxygen atoms in total. The van der Waals surface area contributed by atoms with Crippen LogP contribution in [0.25, 0.3) is 0 Å². The van der Waals surface area contributed by atoms with Gasteiger partial charge in [-0.05, 0) is 5.56 Å². The second-order valence-electron chi connectivity index (χ2n) is 4.87. The van der Waals surface area contributed by atoms with E-state index in [0.717, 1.165) is 5.56 Å². The van der Waals surface area contributed by atoms with Crippen LogP contribution in [0, 0.1) is 0 Å². The number of hydrogen-bond donors (Lipinski definition) is 2. The molecule has 0 fully saturated rings. The fourth-order valence-electron chi connectivity index (χ4n) is 2.92. The van der Waals surface area contributed by atoms with E-state index in [-0.39, 0.29) is 11.1 Å². The van der Waals surface area contributed by atoms with Crippen LogP contribution in [0.4, 0.5) is 0 Å². The van der Waals surface area contributed by atoms with Crippen LogP contribution in [0.3, 0.4) is 0 Å². The summed E-state index contributed by atoms with van der Waals surface area (Å²) in [5, 5.41) is 18.5. The SMILES string of the molecule is O=C(O)C1=C(C(=O)O)C2C=CC1N2Cc1ccccc1. The van der Waals surface area contributed by atoms with Crippen molar-refractivity contribution in [2.75, 3.05) is 0 Å². The quantitative estimate of drug-likeness (QED) is 0.806. The number of rotatable bonds is 4. The van der Waals surface area contributed by atoms with Crippen LogP contribution in [0.5, 0.6) is 0 Å². The van der Waals surface area contributed by atoms with Gasteiger partial charge in [0.2, 0.25) is 0 Å². The molecule has 0 radical (unpaired) electrons. The molecule has 2 heterocycles. The molecule has 2 unspecified atom stereocenters. The molecule has 1 aromatic carbocycles. The van der Waals surface area contributed by atoms with E-state index in [2.05, 4.69) is 0 Å². The third-order valence-electron chi connectivity index (χ3n) is 3.74. The van der Waals surface area contributed by atoms with Crippen molar-refractivity contribution in [3.05, 3.63) is 59.2 Å². The minimum Gasteiger partial charge on any atom is -0.478 e. The number of fused-ring (bicyclic) bond motifs is 2. The minimum atomic E-state index is -1.16. The molecule has 102 valence electrons. The van der Waals surface area contributed by atoms with E-state index in [1.807, 2.05) is 35.2 Å². The summed E-state index contributed by atoms with van der Waals surface area (Å²) < 4.78 is 0. The van der Waals surface area contributed by atoms with Gasteiger partial charge >= 0.3 is 11.9 Å². The number of carbonyl (C=O) groups is 2. The van der Waals surface area contributed by atoms with Gasteiger partial charge in [0.05, 0.1) is 23.2 Å². The maximum Gasteiger partial charge on any atom is 0.334 e. The van der Waals surface area contributed by atoms with Crippen LogP contribution >= 0.6 is 0 Å². The maximum absolute atomic E-state index is 11.3. The number of benzene rings is 1. The first kappa shape index (κ1) is 12.6. The highest BCUT2D eigenvalue weighted by Gasteiger charge is 2.47. The van der Waals surface area contributed by atoms with Gasteiger partial charge in [-0.1, -0.05) is 42.5 Å². The zero-order valence-electron chi connectivity index (χ0n) is 10.6. The summed E-state index contributed by atoms with van der Waals surface area (Å²) in [6, 6.07) is 8.70. The normalized spacial score (nSPS) is 24.4. The summed E-state index contributed by atoms with van der Waals surface area (Å²) in [4.78, 5) is 24.5. The lowest BCUT2D eigenvalue weighted by Gasteiger charge is -2.23. The highest BCUT2D eigenvalue weighted by atomic mass is 16.4. The molecule has 2 bridgehead atoms. The van der Waals surface area contributed by atoms with Crippen LogP contribution in [0.2, 0.25) is 0 Å². The second-order valence-corrected chi connectivity index (χ2v) is 4.87. The van der Waals surface area contributed by atoms with E-state index >= 15 is 0 Å². The van der Waals surface area contributed by atoms with E-state index in [0.29, 0.717) is 6.54 Å². The number of carboxylic acid groups (broad SMARTS) is 2. The van der Waals surface area contributed by atoms with Gasteiger partial charge < -0.3 is 10.2 Å². The number of hydrogen-bond acceptors (Lipinski definition) is 3. The molecule has 0 saturated heterocycles. The molecule has 2 aliphatic rings. The lowest BCUT2D eigenvalue weighted by Crippen LogP contribution is -2.33. The average Bonchev–Trinajstić information content (AvgIpc) is 2.95. The van der Waals surface area contributed by atoms with Gasteiger partial charge in [0.25, 0.3) is 0 Å². The van der Waals surface area contributed by atoms with E-state index in [4.69, 9.17) is 0 Å². The molecule has 5 heteroatoms. The summed E-state index contributed by atoms with van der Waals surface area (Å²) in [7, 11) is 0. The number of carboxylic acids is 2. The Morgan fingerprint density at radius 3 is 1.90 bits per heavy atom. The predicted molar refractivity (Wildman–Crippen MR) is 71.0 cm³/mol. The van der Waals surface area contributed by atoms with Crippen molar-refractivity contribution in [3.63, 3.8) is 0 Å². The molecule has 0 amide bonds. The first-order valence-corrected chi connectivity index (χ1v) is 6.28. The smallest absolute Gasteiger partial charge is 0.334 e. The molecule has 2 N–H and O–H groups in total. The van der Waals surface area contributed by atoms with Crippen molar-refractivity contribution in [1.29, 1.82) is 0 Å². The van der Waals surface area contributed by atoms with Crippen LogP contribution in [0.1, 0.15) is 5.56 Å². The van der Waals surface area contributed by atoms with Gasteiger partial charge in [-0.25, -0.2) is 9.59 Å². The number of aliphatic carboxylic acids is 2. The molecule has 0 spiro atoms. The third kappa shape index (κ3) is 1.83. The highest BCUT2D eigenvalue weighted by Crippen LogP contribution is 2.38. The third-order valence-corrected chi connectivity index (χ3v) is 3.74. The highest BCUT2D eigenvalue weighted by molar-refractivity contribution is 6.03. The molecule has 0 aliphatic carbocycles. The predicted octanol–water partition coefficient (Wildman–Crippen LogP) is 1.27. The molecule has 0 saturated carbocycles. The topological polar surface area (TPSA) is 77.8 Å². The maximum atomic E-state index is 11.3. The summed E-state index contributed by atoms with van der Waals surface area (Å²) in [5.41, 5.74) is 1.00. The Balaban J connectivity index is 1.92. The van der Waals surface area contributed by atoms with Crippen LogP contribution in [-0.2, 0) is 16.1 Å². The molecule has 2 aliphatic heterocycles. The zero-order valence-corrected chi connectivity index (χ0v) is 10.6. The fourth-order valence-corrected chi connectivity index (χ4v) is 2.92. The Bertz CT molecular complexity index is 599. The van der Waals surface area contributed by atoms with Crippen molar-refractivity contribution < 1.29 is 19.8 Å². The van der Waals surface area contributed by atoms with Crippen molar-refractivity contribution in [1.82, 2.24) is 4.90 Å². The molecule has 2 atom stereocenters. The fraction of sp³-hybridized carbons (Fsp3) is 0.200. The molecule has 0 aromatic heterocycles. The Kier molecular flexibility index (Phi) is 2.91. The zero-order chi connectivity index (χ0) is 14.3. The van der Waals surface area contributed by atoms with Gasteiger partial charge in [-0.15, -0.1) is 0 Å². The number of nitrogens with zero attached hydrogens (tertiary/aromatic N) is 1. The first-order valence-electron chi connectivity index (χ1n) is 6.28. The molecule has 3 rings (SSSR count). The van der Waals surface area contributed by atoms with E-state index < -0.39 is 24.0 Å². The largest absolute Gasteiger partial charge is 0.478 e. The van der Waals surface area contributed by atoms with Crippen LogP contribution in [0.15, 0.2) is 53.6 Å². The molecule has 20 heavy (non-hydrogen) atoms. The van der Waals surface area contributed by atoms with E-state index in [1.165, 1.54) is 0 Å². The van der Waals surface area contributed by atoms with Crippen molar-refractivity contribution >= 4 is 11.9 Å². The van der Waals surface area contributed by atoms with E-state index in [9.17, 15) is 19.8 Å². The second kappa shape index (κ2) is 4.61. The van der Waals surface area contributed by atoms with Gasteiger partial charge in [0, 0.05) is 6.54 Å². The Labute approximate surface area is 115 Å². The van der Waals surface area contributed by atoms with Gasteiger partial charge in [-0.3, -0.25) is 4.90 Å².